The molecular weight excluding hydrogens is 639 g/mol. The van der Waals surface area contributed by atoms with Gasteiger partial charge in [-0.2, -0.15) is 0 Å². The van der Waals surface area contributed by atoms with Crippen molar-refractivity contribution < 1.29 is 37.9 Å². The van der Waals surface area contributed by atoms with E-state index in [9.17, 15) is 14.2 Å². The number of hydrogen-bond acceptors (Lipinski definition) is 6. The van der Waals surface area contributed by atoms with Gasteiger partial charge in [-0.25, -0.2) is 4.57 Å². The summed E-state index contributed by atoms with van der Waals surface area (Å²) in [7, 11) is -4.77. The summed E-state index contributed by atoms with van der Waals surface area (Å²) in [5.41, 5.74) is 0. The molecule has 49 heavy (non-hydrogen) atoms. The van der Waals surface area contributed by atoms with Gasteiger partial charge in [0.1, 0.15) is 6.61 Å². The molecule has 0 aliphatic rings. The molecule has 0 aromatic carbocycles. The van der Waals surface area contributed by atoms with Crippen molar-refractivity contribution in [2.45, 2.75) is 142 Å². The lowest BCUT2D eigenvalue weighted by Gasteiger charge is -2.18. The van der Waals surface area contributed by atoms with Crippen LogP contribution in [0.15, 0.2) is 85.1 Å². The Balaban J connectivity index is 4.08. The van der Waals surface area contributed by atoms with E-state index >= 15 is 0 Å². The Bertz CT molecular complexity index is 1060. The van der Waals surface area contributed by atoms with Crippen molar-refractivity contribution in [2.75, 3.05) is 13.2 Å². The van der Waals surface area contributed by atoms with Gasteiger partial charge in [-0.3, -0.25) is 14.1 Å². The molecule has 0 heterocycles. The van der Waals surface area contributed by atoms with Crippen LogP contribution in [0.5, 0.6) is 0 Å². The van der Waals surface area contributed by atoms with Gasteiger partial charge in [0, 0.05) is 12.8 Å². The largest absolute Gasteiger partial charge is 0.469 e. The molecule has 0 aliphatic heterocycles. The van der Waals surface area contributed by atoms with Gasteiger partial charge in [-0.1, -0.05) is 150 Å². The molecule has 0 saturated carbocycles. The predicted molar refractivity (Wildman–Crippen MR) is 202 cm³/mol. The van der Waals surface area contributed by atoms with Crippen LogP contribution >= 0.6 is 7.82 Å². The van der Waals surface area contributed by atoms with E-state index in [1.165, 1.54) is 19.3 Å². The van der Waals surface area contributed by atoms with Gasteiger partial charge in [0.25, 0.3) is 0 Å². The van der Waals surface area contributed by atoms with Gasteiger partial charge in [0.2, 0.25) is 0 Å². The molecular formula is C40H65O8P. The lowest BCUT2D eigenvalue weighted by Crippen LogP contribution is -2.29. The molecule has 2 N–H and O–H groups in total. The van der Waals surface area contributed by atoms with Crippen LogP contribution in [0.4, 0.5) is 0 Å². The van der Waals surface area contributed by atoms with E-state index in [0.717, 1.165) is 77.0 Å². The fourth-order valence-corrected chi connectivity index (χ4v) is 4.92. The zero-order chi connectivity index (χ0) is 36.1. The maximum Gasteiger partial charge on any atom is 0.469 e. The highest BCUT2D eigenvalue weighted by Crippen LogP contribution is 2.35. The van der Waals surface area contributed by atoms with E-state index in [2.05, 4.69) is 67.0 Å². The predicted octanol–water partition coefficient (Wildman–Crippen LogP) is 10.9. The van der Waals surface area contributed by atoms with Gasteiger partial charge < -0.3 is 19.3 Å². The summed E-state index contributed by atoms with van der Waals surface area (Å²) in [4.78, 5) is 42.7. The molecule has 0 aromatic rings. The molecule has 278 valence electrons. The first-order valence-corrected chi connectivity index (χ1v) is 20.0. The van der Waals surface area contributed by atoms with Gasteiger partial charge in [-0.15, -0.1) is 0 Å². The number of allylic oxidation sites excluding steroid dienone is 14. The highest BCUT2D eigenvalue weighted by atomic mass is 31.2. The lowest BCUT2D eigenvalue weighted by atomic mass is 10.1. The molecule has 0 rings (SSSR count). The van der Waals surface area contributed by atoms with E-state index in [0.29, 0.717) is 12.8 Å². The van der Waals surface area contributed by atoms with E-state index in [1.807, 2.05) is 36.5 Å². The SMILES string of the molecule is CC/C=C/C=C/C=C/CCCCCCCC(=O)OC(COC(=O)CCCCCCC/C=C/C=C/C=C/C=C/CCCCC)COP(=O)(O)O. The minimum atomic E-state index is -4.77. The zero-order valence-electron chi connectivity index (χ0n) is 30.3. The van der Waals surface area contributed by atoms with Crippen molar-refractivity contribution in [3.8, 4) is 0 Å². The van der Waals surface area contributed by atoms with Crippen LogP contribution in [0.25, 0.3) is 0 Å². The van der Waals surface area contributed by atoms with Gasteiger partial charge >= 0.3 is 19.8 Å². The fraction of sp³-hybridized carbons (Fsp3) is 0.600. The number of carbonyl (C=O) groups excluding carboxylic acids is 2. The first-order valence-electron chi connectivity index (χ1n) is 18.5. The average Bonchev–Trinajstić information content (AvgIpc) is 3.07. The summed E-state index contributed by atoms with van der Waals surface area (Å²) in [6.45, 7) is 3.45. The van der Waals surface area contributed by atoms with Crippen LogP contribution in [-0.2, 0) is 28.2 Å². The smallest absolute Gasteiger partial charge is 0.462 e. The van der Waals surface area contributed by atoms with Crippen LogP contribution in [0.3, 0.4) is 0 Å². The Kier molecular flexibility index (Phi) is 33.1. The normalized spacial score (nSPS) is 13.5. The van der Waals surface area contributed by atoms with E-state index < -0.39 is 32.5 Å². The number of unbranched alkanes of at least 4 members (excludes halogenated alkanes) is 13. The second-order valence-corrected chi connectivity index (χ2v) is 13.2. The highest BCUT2D eigenvalue weighted by Gasteiger charge is 2.22. The quantitative estimate of drug-likeness (QED) is 0.0307. The second-order valence-electron chi connectivity index (χ2n) is 12.0. The maximum atomic E-state index is 12.3. The van der Waals surface area contributed by atoms with Crippen LogP contribution < -0.4 is 0 Å². The molecule has 8 nitrogen and oxygen atoms in total. The van der Waals surface area contributed by atoms with E-state index in [4.69, 9.17) is 19.3 Å². The molecule has 0 spiro atoms. The minimum absolute atomic E-state index is 0.178. The lowest BCUT2D eigenvalue weighted by molar-refractivity contribution is -0.161. The molecule has 1 unspecified atom stereocenters. The summed E-state index contributed by atoms with van der Waals surface area (Å²) in [5, 5.41) is 0. The number of esters is 2. The van der Waals surface area contributed by atoms with Crippen LogP contribution in [0, 0.1) is 0 Å². The third kappa shape index (κ3) is 37.9. The standard InChI is InChI=1S/C40H65O8P/c1-3-5-7-9-11-13-15-17-18-19-20-21-23-24-26-28-30-32-34-39(41)46-36-38(37-47-49(43,44)45)48-40(42)35-33-31-29-27-25-22-16-14-12-10-8-6-4-2/h6,8,10-21,38H,3-5,7,9,22-37H2,1-2H3,(H2,43,44,45)/b8-6+,12-10+,13-11+,16-14+,17-15+,19-18+,21-20+. The Hall–Kier alpha value is -2.77. The summed E-state index contributed by atoms with van der Waals surface area (Å²) in [5.74, 6) is -0.946. The van der Waals surface area contributed by atoms with Crippen LogP contribution in [0.2, 0.25) is 0 Å². The number of phosphoric acid groups is 1. The fourth-order valence-electron chi connectivity index (χ4n) is 4.56. The Morgan fingerprint density at radius 1 is 0.551 bits per heavy atom. The molecule has 0 radical (unpaired) electrons. The van der Waals surface area contributed by atoms with Gasteiger partial charge in [0.05, 0.1) is 6.61 Å². The number of hydrogen-bond donors (Lipinski definition) is 2. The monoisotopic (exact) mass is 704 g/mol. The Morgan fingerprint density at radius 3 is 1.47 bits per heavy atom. The highest BCUT2D eigenvalue weighted by molar-refractivity contribution is 7.46. The zero-order valence-corrected chi connectivity index (χ0v) is 31.2. The van der Waals surface area contributed by atoms with Crippen molar-refractivity contribution in [1.29, 1.82) is 0 Å². The van der Waals surface area contributed by atoms with Gasteiger partial charge in [0.15, 0.2) is 6.10 Å². The van der Waals surface area contributed by atoms with Gasteiger partial charge in [-0.05, 0) is 57.8 Å². The molecule has 0 aliphatic carbocycles. The molecule has 1 atom stereocenters. The third-order valence-electron chi connectivity index (χ3n) is 7.30. The molecule has 0 amide bonds. The van der Waals surface area contributed by atoms with Crippen molar-refractivity contribution in [2.24, 2.45) is 0 Å². The first kappa shape index (κ1) is 46.2. The average molecular weight is 705 g/mol. The van der Waals surface area contributed by atoms with Crippen LogP contribution in [0.1, 0.15) is 136 Å². The number of carbonyl (C=O) groups is 2. The Morgan fingerprint density at radius 2 is 0.980 bits per heavy atom. The van der Waals surface area contributed by atoms with Crippen LogP contribution in [-0.4, -0.2) is 41.0 Å². The second kappa shape index (κ2) is 35.1. The van der Waals surface area contributed by atoms with Crippen molar-refractivity contribution in [3.63, 3.8) is 0 Å². The van der Waals surface area contributed by atoms with Crippen molar-refractivity contribution in [1.82, 2.24) is 0 Å². The van der Waals surface area contributed by atoms with E-state index in [-0.39, 0.29) is 19.4 Å². The Labute approximate surface area is 297 Å². The summed E-state index contributed by atoms with van der Waals surface area (Å²) >= 11 is 0. The first-order chi connectivity index (χ1) is 23.8. The number of ether oxygens (including phenoxy) is 2. The third-order valence-corrected chi connectivity index (χ3v) is 7.79. The molecule has 0 saturated heterocycles. The number of phosphoric ester groups is 1. The molecule has 0 bridgehead atoms. The molecule has 9 heteroatoms. The summed E-state index contributed by atoms with van der Waals surface area (Å²) in [6, 6.07) is 0. The topological polar surface area (TPSA) is 119 Å². The van der Waals surface area contributed by atoms with Crippen molar-refractivity contribution >= 4 is 19.8 Å². The molecule has 0 aromatic heterocycles. The maximum absolute atomic E-state index is 12.3. The van der Waals surface area contributed by atoms with E-state index in [1.54, 1.807) is 0 Å². The summed E-state index contributed by atoms with van der Waals surface area (Å²) in [6.07, 6.45) is 45.8. The minimum Gasteiger partial charge on any atom is -0.462 e. The molecule has 0 fully saturated rings. The summed E-state index contributed by atoms with van der Waals surface area (Å²) < 4.78 is 26.2. The number of rotatable bonds is 32. The van der Waals surface area contributed by atoms with Crippen molar-refractivity contribution in [3.05, 3.63) is 85.1 Å².